The van der Waals surface area contributed by atoms with Crippen LogP contribution < -0.4 is 4.74 Å². The Morgan fingerprint density at radius 1 is 1.25 bits per heavy atom. The topological polar surface area (TPSA) is 49.7 Å². The maximum atomic E-state index is 9.25. The molecule has 1 aromatic rings. The van der Waals surface area contributed by atoms with Crippen LogP contribution in [-0.4, -0.2) is 22.6 Å². The van der Waals surface area contributed by atoms with E-state index < -0.39 is 12.4 Å². The summed E-state index contributed by atoms with van der Waals surface area (Å²) in [5.74, 6) is 0.662. The lowest BCUT2D eigenvalue weighted by molar-refractivity contribution is -0.112. The molecule has 3 heteroatoms. The van der Waals surface area contributed by atoms with E-state index in [2.05, 4.69) is 0 Å². The first-order chi connectivity index (χ1) is 5.77. The van der Waals surface area contributed by atoms with E-state index >= 15 is 0 Å². The van der Waals surface area contributed by atoms with Crippen molar-refractivity contribution in [1.29, 1.82) is 0 Å². The molecule has 0 saturated heterocycles. The van der Waals surface area contributed by atoms with Gasteiger partial charge in [-0.05, 0) is 11.6 Å². The molecule has 0 saturated carbocycles. The molecule has 1 aromatic carbocycles. The molecule has 2 unspecified atom stereocenters. The van der Waals surface area contributed by atoms with E-state index in [1.54, 1.807) is 6.07 Å². The molecule has 0 aromatic heterocycles. The Morgan fingerprint density at radius 3 is 2.83 bits per heavy atom. The van der Waals surface area contributed by atoms with Gasteiger partial charge < -0.3 is 14.9 Å². The fraction of sp³-hybridized carbons (Fsp3) is 0.333. The van der Waals surface area contributed by atoms with Crippen molar-refractivity contribution in [2.75, 3.05) is 0 Å². The number of ether oxygens (including phenoxy) is 1. The van der Waals surface area contributed by atoms with Crippen LogP contribution in [0.3, 0.4) is 0 Å². The van der Waals surface area contributed by atoms with Crippen molar-refractivity contribution in [2.24, 2.45) is 0 Å². The fourth-order valence-electron chi connectivity index (χ4n) is 1.32. The molecule has 2 N–H and O–H groups in total. The summed E-state index contributed by atoms with van der Waals surface area (Å²) in [6.07, 6.45) is -1.43. The van der Waals surface area contributed by atoms with Crippen LogP contribution in [0.2, 0.25) is 0 Å². The number of aliphatic hydroxyl groups excluding tert-OH is 2. The van der Waals surface area contributed by atoms with Crippen molar-refractivity contribution in [1.82, 2.24) is 0 Å². The van der Waals surface area contributed by atoms with E-state index in [4.69, 9.17) is 9.84 Å². The predicted octanol–water partition coefficient (Wildman–Crippen LogP) is 0.301. The van der Waals surface area contributed by atoms with Crippen molar-refractivity contribution in [3.8, 4) is 5.75 Å². The largest absolute Gasteiger partial charge is 0.462 e. The lowest BCUT2D eigenvalue weighted by Gasteiger charge is -2.26. The first-order valence-electron chi connectivity index (χ1n) is 3.88. The summed E-state index contributed by atoms with van der Waals surface area (Å²) in [5, 5.41) is 18.4. The normalized spacial score (nSPS) is 27.5. The monoisotopic (exact) mass is 166 g/mol. The van der Waals surface area contributed by atoms with Gasteiger partial charge in [-0.25, -0.2) is 0 Å². The zero-order valence-corrected chi connectivity index (χ0v) is 6.47. The number of benzene rings is 1. The molecule has 2 atom stereocenters. The Hall–Kier alpha value is -1.06. The minimum absolute atomic E-state index is 0.456. The molecule has 0 aliphatic carbocycles. The minimum Gasteiger partial charge on any atom is -0.462 e. The number of para-hydroxylation sites is 1. The third-order valence-corrected chi connectivity index (χ3v) is 1.98. The molecule has 0 spiro atoms. The second-order valence-corrected chi connectivity index (χ2v) is 2.89. The molecular weight excluding hydrogens is 156 g/mol. The molecule has 1 heterocycles. The van der Waals surface area contributed by atoms with Gasteiger partial charge in [0.05, 0.1) is 0 Å². The average Bonchev–Trinajstić information content (AvgIpc) is 2.07. The fourth-order valence-corrected chi connectivity index (χ4v) is 1.32. The molecule has 12 heavy (non-hydrogen) atoms. The van der Waals surface area contributed by atoms with Gasteiger partial charge in [0.2, 0.25) is 6.29 Å². The van der Waals surface area contributed by atoms with Crippen LogP contribution in [0, 0.1) is 0 Å². The molecule has 1 aliphatic rings. The molecule has 0 bridgehead atoms. The quantitative estimate of drug-likeness (QED) is 0.582. The van der Waals surface area contributed by atoms with Gasteiger partial charge in [0, 0.05) is 6.42 Å². The highest BCUT2D eigenvalue weighted by atomic mass is 16.6. The van der Waals surface area contributed by atoms with Crippen molar-refractivity contribution in [3.63, 3.8) is 0 Å². The second-order valence-electron chi connectivity index (χ2n) is 2.89. The first kappa shape index (κ1) is 7.58. The number of rotatable bonds is 0. The Balaban J connectivity index is 2.34. The molecule has 2 rings (SSSR count). The van der Waals surface area contributed by atoms with Crippen LogP contribution in [0.5, 0.6) is 5.75 Å². The van der Waals surface area contributed by atoms with Crippen molar-refractivity contribution in [3.05, 3.63) is 29.8 Å². The second kappa shape index (κ2) is 2.77. The third-order valence-electron chi connectivity index (χ3n) is 1.98. The number of hydrogen-bond donors (Lipinski definition) is 2. The maximum Gasteiger partial charge on any atom is 0.224 e. The van der Waals surface area contributed by atoms with Crippen LogP contribution in [0.25, 0.3) is 0 Å². The number of hydrogen-bond acceptors (Lipinski definition) is 3. The van der Waals surface area contributed by atoms with E-state index in [0.717, 1.165) is 5.56 Å². The maximum absolute atomic E-state index is 9.25. The summed E-state index contributed by atoms with van der Waals surface area (Å²) in [5.41, 5.74) is 0.940. The van der Waals surface area contributed by atoms with Gasteiger partial charge in [-0.1, -0.05) is 18.2 Å². The summed E-state index contributed by atoms with van der Waals surface area (Å²) in [6, 6.07) is 7.38. The summed E-state index contributed by atoms with van der Waals surface area (Å²) >= 11 is 0. The summed E-state index contributed by atoms with van der Waals surface area (Å²) in [4.78, 5) is 0. The first-order valence-corrected chi connectivity index (χ1v) is 3.88. The number of fused-ring (bicyclic) bond motifs is 1. The Morgan fingerprint density at radius 2 is 2.00 bits per heavy atom. The van der Waals surface area contributed by atoms with Crippen molar-refractivity contribution < 1.29 is 14.9 Å². The molecule has 0 amide bonds. The number of aliphatic hydroxyl groups is 2. The Kier molecular flexibility index (Phi) is 1.75. The van der Waals surface area contributed by atoms with E-state index in [0.29, 0.717) is 12.2 Å². The molecule has 0 fully saturated rings. The van der Waals surface area contributed by atoms with Gasteiger partial charge in [-0.15, -0.1) is 0 Å². The minimum atomic E-state index is -1.08. The van der Waals surface area contributed by atoms with Gasteiger partial charge >= 0.3 is 0 Å². The van der Waals surface area contributed by atoms with Crippen LogP contribution in [0.1, 0.15) is 5.56 Å². The Labute approximate surface area is 70.2 Å². The average molecular weight is 166 g/mol. The Bertz CT molecular complexity index is 256. The summed E-state index contributed by atoms with van der Waals surface area (Å²) in [6.45, 7) is 0. The molecule has 3 nitrogen and oxygen atoms in total. The van der Waals surface area contributed by atoms with E-state index in [-0.39, 0.29) is 0 Å². The third kappa shape index (κ3) is 1.17. The molecular formula is C9H10O3. The highest BCUT2D eigenvalue weighted by molar-refractivity contribution is 5.35. The standard InChI is InChI=1S/C9H10O3/c10-7-5-6-3-1-2-4-8(6)12-9(7)11/h1-4,7,9-11H,5H2. The highest BCUT2D eigenvalue weighted by Gasteiger charge is 2.25. The zero-order chi connectivity index (χ0) is 8.55. The van der Waals surface area contributed by atoms with Crippen molar-refractivity contribution >= 4 is 0 Å². The lowest BCUT2D eigenvalue weighted by atomic mass is 10.0. The molecule has 1 aliphatic heterocycles. The van der Waals surface area contributed by atoms with Gasteiger partial charge in [0.1, 0.15) is 11.9 Å². The predicted molar refractivity (Wildman–Crippen MR) is 42.8 cm³/mol. The van der Waals surface area contributed by atoms with Crippen LogP contribution in [-0.2, 0) is 6.42 Å². The summed E-state index contributed by atoms with van der Waals surface area (Å²) in [7, 11) is 0. The van der Waals surface area contributed by atoms with E-state index in [1.165, 1.54) is 0 Å². The molecule has 0 radical (unpaired) electrons. The van der Waals surface area contributed by atoms with Crippen LogP contribution in [0.15, 0.2) is 24.3 Å². The zero-order valence-electron chi connectivity index (χ0n) is 6.47. The van der Waals surface area contributed by atoms with Gasteiger partial charge in [-0.3, -0.25) is 0 Å². The van der Waals surface area contributed by atoms with Gasteiger partial charge in [-0.2, -0.15) is 0 Å². The van der Waals surface area contributed by atoms with Gasteiger partial charge in [0.15, 0.2) is 0 Å². The lowest BCUT2D eigenvalue weighted by Crippen LogP contribution is -2.36. The highest BCUT2D eigenvalue weighted by Crippen LogP contribution is 2.26. The van der Waals surface area contributed by atoms with Gasteiger partial charge in [0.25, 0.3) is 0 Å². The molecule has 64 valence electrons. The smallest absolute Gasteiger partial charge is 0.224 e. The van der Waals surface area contributed by atoms with Crippen molar-refractivity contribution in [2.45, 2.75) is 18.8 Å². The van der Waals surface area contributed by atoms with E-state index in [9.17, 15) is 5.11 Å². The van der Waals surface area contributed by atoms with Crippen LogP contribution >= 0.6 is 0 Å². The van der Waals surface area contributed by atoms with Crippen LogP contribution in [0.4, 0.5) is 0 Å². The SMILES string of the molecule is OC1Cc2ccccc2OC1O. The summed E-state index contributed by atoms with van der Waals surface area (Å²) < 4.78 is 5.05. The van der Waals surface area contributed by atoms with E-state index in [1.807, 2.05) is 18.2 Å².